The van der Waals surface area contributed by atoms with E-state index in [0.29, 0.717) is 22.3 Å². The van der Waals surface area contributed by atoms with Crippen LogP contribution in [0.3, 0.4) is 0 Å². The lowest BCUT2D eigenvalue weighted by molar-refractivity contribution is 1.20. The van der Waals surface area contributed by atoms with Gasteiger partial charge < -0.3 is 10.3 Å². The summed E-state index contributed by atoms with van der Waals surface area (Å²) in [6.07, 6.45) is 1.38. The molecule has 2 aromatic heterocycles. The van der Waals surface area contributed by atoms with E-state index >= 15 is 0 Å². The van der Waals surface area contributed by atoms with Gasteiger partial charge in [-0.05, 0) is 0 Å². The molecule has 2 N–H and O–H groups in total. The molecule has 0 aliphatic carbocycles. The van der Waals surface area contributed by atoms with E-state index in [4.69, 9.17) is 11.6 Å². The Morgan fingerprint density at radius 3 is 3.00 bits per heavy atom. The van der Waals surface area contributed by atoms with Crippen LogP contribution in [0.1, 0.15) is 0 Å². The lowest BCUT2D eigenvalue weighted by atomic mass is 10.6. The Bertz CT molecular complexity index is 409. The number of imidazole rings is 1. The highest BCUT2D eigenvalue weighted by Crippen LogP contribution is 2.17. The second-order valence-corrected chi connectivity index (χ2v) is 2.56. The molecule has 0 amide bonds. The number of hydrogen-bond acceptors (Lipinski definition) is 4. The van der Waals surface area contributed by atoms with Crippen LogP contribution in [0, 0.1) is 0 Å². The number of fused-ring (bicyclic) bond motifs is 1. The molecule has 0 atom stereocenters. The van der Waals surface area contributed by atoms with Crippen molar-refractivity contribution < 1.29 is 0 Å². The van der Waals surface area contributed by atoms with Crippen molar-refractivity contribution in [2.24, 2.45) is 0 Å². The largest absolute Gasteiger partial charge is 0.359 e. The van der Waals surface area contributed by atoms with E-state index in [-0.39, 0.29) is 0 Å². The number of nitrogens with zero attached hydrogens (tertiary/aromatic N) is 3. The van der Waals surface area contributed by atoms with E-state index in [1.54, 1.807) is 7.05 Å². The standard InChI is InChI=1S/C6H6ClN5/c1-8-6-11-3-4(7)9-2-10-5(3)12-6/h2H,1H3,(H2,8,9,10,11,12). The fourth-order valence-corrected chi connectivity index (χ4v) is 1.09. The highest BCUT2D eigenvalue weighted by Gasteiger charge is 2.05. The van der Waals surface area contributed by atoms with Crippen molar-refractivity contribution in [3.8, 4) is 0 Å². The molecule has 0 saturated heterocycles. The molecule has 2 heterocycles. The van der Waals surface area contributed by atoms with E-state index in [1.807, 2.05) is 0 Å². The molecule has 5 nitrogen and oxygen atoms in total. The third-order valence-electron chi connectivity index (χ3n) is 1.48. The fraction of sp³-hybridized carbons (Fsp3) is 0.167. The third-order valence-corrected chi connectivity index (χ3v) is 1.77. The van der Waals surface area contributed by atoms with Crippen LogP contribution >= 0.6 is 11.6 Å². The number of anilines is 1. The number of rotatable bonds is 1. The number of aromatic amines is 1. The second kappa shape index (κ2) is 2.60. The molecular formula is C6H6ClN5. The zero-order chi connectivity index (χ0) is 8.55. The van der Waals surface area contributed by atoms with Gasteiger partial charge in [-0.15, -0.1) is 0 Å². The maximum atomic E-state index is 5.78. The number of aromatic nitrogens is 4. The molecular weight excluding hydrogens is 178 g/mol. The minimum atomic E-state index is 0.383. The van der Waals surface area contributed by atoms with Crippen LogP contribution in [0.5, 0.6) is 0 Å². The van der Waals surface area contributed by atoms with Gasteiger partial charge in [0, 0.05) is 7.05 Å². The Labute approximate surface area is 73.2 Å². The maximum absolute atomic E-state index is 5.78. The molecule has 2 aromatic rings. The van der Waals surface area contributed by atoms with Crippen molar-refractivity contribution in [1.82, 2.24) is 19.9 Å². The molecule has 0 saturated carbocycles. The molecule has 12 heavy (non-hydrogen) atoms. The van der Waals surface area contributed by atoms with Crippen LogP contribution < -0.4 is 5.32 Å². The number of hydrogen-bond donors (Lipinski definition) is 2. The van der Waals surface area contributed by atoms with E-state index in [2.05, 4.69) is 25.3 Å². The summed E-state index contributed by atoms with van der Waals surface area (Å²) >= 11 is 5.78. The zero-order valence-corrected chi connectivity index (χ0v) is 7.05. The maximum Gasteiger partial charge on any atom is 0.202 e. The first-order chi connectivity index (χ1) is 5.81. The zero-order valence-electron chi connectivity index (χ0n) is 6.30. The van der Waals surface area contributed by atoms with Gasteiger partial charge in [0.1, 0.15) is 11.8 Å². The highest BCUT2D eigenvalue weighted by atomic mass is 35.5. The lowest BCUT2D eigenvalue weighted by Gasteiger charge is -1.88. The summed E-state index contributed by atoms with van der Waals surface area (Å²) in [6, 6.07) is 0. The number of halogens is 1. The quantitative estimate of drug-likeness (QED) is 0.649. The average Bonchev–Trinajstić information content (AvgIpc) is 2.49. The Balaban J connectivity index is 2.74. The summed E-state index contributed by atoms with van der Waals surface area (Å²) in [5.74, 6) is 0.632. The molecule has 0 aliphatic heterocycles. The van der Waals surface area contributed by atoms with Gasteiger partial charge >= 0.3 is 0 Å². The number of nitrogens with one attached hydrogen (secondary N) is 2. The van der Waals surface area contributed by atoms with Gasteiger partial charge in [0.25, 0.3) is 0 Å². The Hall–Kier alpha value is -1.36. The first kappa shape index (κ1) is 7.30. The molecule has 0 bridgehead atoms. The SMILES string of the molecule is CNc1nc2ncnc(Cl)c2[nH]1. The van der Waals surface area contributed by atoms with Gasteiger partial charge in [0.15, 0.2) is 10.8 Å². The van der Waals surface area contributed by atoms with Crippen molar-refractivity contribution in [2.75, 3.05) is 12.4 Å². The fourth-order valence-electron chi connectivity index (χ4n) is 0.919. The number of H-pyrrole nitrogens is 1. The topological polar surface area (TPSA) is 66.5 Å². The van der Waals surface area contributed by atoms with Crippen molar-refractivity contribution >= 4 is 28.7 Å². The van der Waals surface area contributed by atoms with Crippen molar-refractivity contribution in [1.29, 1.82) is 0 Å². The van der Waals surface area contributed by atoms with Crippen LogP contribution in [0.15, 0.2) is 6.33 Å². The minimum Gasteiger partial charge on any atom is -0.359 e. The minimum absolute atomic E-state index is 0.383. The molecule has 0 radical (unpaired) electrons. The molecule has 2 rings (SSSR count). The average molecular weight is 184 g/mol. The van der Waals surface area contributed by atoms with E-state index in [1.165, 1.54) is 6.33 Å². The van der Waals surface area contributed by atoms with Gasteiger partial charge in [0.2, 0.25) is 5.95 Å². The van der Waals surface area contributed by atoms with Crippen LogP contribution in [0.4, 0.5) is 5.95 Å². The Kier molecular flexibility index (Phi) is 1.58. The van der Waals surface area contributed by atoms with Gasteiger partial charge in [-0.2, -0.15) is 4.98 Å². The second-order valence-electron chi connectivity index (χ2n) is 2.20. The van der Waals surface area contributed by atoms with Gasteiger partial charge in [-0.1, -0.05) is 11.6 Å². The van der Waals surface area contributed by atoms with Crippen molar-refractivity contribution in [3.05, 3.63) is 11.5 Å². The van der Waals surface area contributed by atoms with Gasteiger partial charge in [-0.3, -0.25) is 0 Å². The summed E-state index contributed by atoms with van der Waals surface area (Å²) in [4.78, 5) is 14.8. The predicted octanol–water partition coefficient (Wildman–Crippen LogP) is 1.05. The van der Waals surface area contributed by atoms with E-state index in [0.717, 1.165) is 0 Å². The summed E-state index contributed by atoms with van der Waals surface area (Å²) in [6.45, 7) is 0. The Morgan fingerprint density at radius 1 is 1.50 bits per heavy atom. The van der Waals surface area contributed by atoms with Crippen molar-refractivity contribution in [3.63, 3.8) is 0 Å². The highest BCUT2D eigenvalue weighted by molar-refractivity contribution is 6.33. The molecule has 0 fully saturated rings. The first-order valence-electron chi connectivity index (χ1n) is 3.35. The lowest BCUT2D eigenvalue weighted by Crippen LogP contribution is -1.88. The Morgan fingerprint density at radius 2 is 2.33 bits per heavy atom. The molecule has 0 spiro atoms. The van der Waals surface area contributed by atoms with E-state index < -0.39 is 0 Å². The van der Waals surface area contributed by atoms with Crippen LogP contribution in [0.25, 0.3) is 11.2 Å². The molecule has 62 valence electrons. The van der Waals surface area contributed by atoms with Crippen LogP contribution in [-0.4, -0.2) is 27.0 Å². The monoisotopic (exact) mass is 183 g/mol. The normalized spacial score (nSPS) is 10.5. The molecule has 6 heteroatoms. The summed E-state index contributed by atoms with van der Waals surface area (Å²) < 4.78 is 0. The molecule has 0 aromatic carbocycles. The summed E-state index contributed by atoms with van der Waals surface area (Å²) in [5.41, 5.74) is 1.22. The summed E-state index contributed by atoms with van der Waals surface area (Å²) in [5, 5.41) is 3.23. The van der Waals surface area contributed by atoms with Gasteiger partial charge in [-0.25, -0.2) is 9.97 Å². The third kappa shape index (κ3) is 0.984. The van der Waals surface area contributed by atoms with Crippen LogP contribution in [0.2, 0.25) is 5.15 Å². The van der Waals surface area contributed by atoms with Crippen LogP contribution in [-0.2, 0) is 0 Å². The van der Waals surface area contributed by atoms with Crippen molar-refractivity contribution in [2.45, 2.75) is 0 Å². The first-order valence-corrected chi connectivity index (χ1v) is 3.73. The van der Waals surface area contributed by atoms with E-state index in [9.17, 15) is 0 Å². The summed E-state index contributed by atoms with van der Waals surface area (Å²) in [7, 11) is 1.76. The molecule has 0 unspecified atom stereocenters. The molecule has 0 aliphatic rings. The van der Waals surface area contributed by atoms with Gasteiger partial charge in [0.05, 0.1) is 0 Å². The predicted molar refractivity (Wildman–Crippen MR) is 46.2 cm³/mol. The smallest absolute Gasteiger partial charge is 0.202 e.